The molecule has 3 rings (SSSR count). The zero-order chi connectivity index (χ0) is 21.9. The quantitative estimate of drug-likeness (QED) is 0.466. The van der Waals surface area contributed by atoms with Crippen LogP contribution in [0.25, 0.3) is 0 Å². The standard InChI is InChI=1S/C26H38N4O/c1-4-27-26(29-25-14-16-30(17-15-25)21(2)3)28-18-23-12-8-9-13-24(23)20-31-19-22-10-6-5-7-11-22/h5-13,21,25H,4,14-20H2,1-3H3,(H2,27,28,29). The van der Waals surface area contributed by atoms with Gasteiger partial charge in [0.1, 0.15) is 0 Å². The topological polar surface area (TPSA) is 48.9 Å². The van der Waals surface area contributed by atoms with Crippen LogP contribution >= 0.6 is 0 Å². The minimum Gasteiger partial charge on any atom is -0.372 e. The van der Waals surface area contributed by atoms with E-state index in [-0.39, 0.29) is 0 Å². The van der Waals surface area contributed by atoms with Crippen molar-refractivity contribution in [3.8, 4) is 0 Å². The average molecular weight is 423 g/mol. The monoisotopic (exact) mass is 422 g/mol. The largest absolute Gasteiger partial charge is 0.372 e. The minimum absolute atomic E-state index is 0.484. The van der Waals surface area contributed by atoms with Crippen molar-refractivity contribution in [1.29, 1.82) is 0 Å². The minimum atomic E-state index is 0.484. The average Bonchev–Trinajstić information content (AvgIpc) is 2.79. The number of guanidine groups is 1. The first-order valence-corrected chi connectivity index (χ1v) is 11.6. The van der Waals surface area contributed by atoms with Gasteiger partial charge in [0.15, 0.2) is 5.96 Å². The van der Waals surface area contributed by atoms with Crippen molar-refractivity contribution >= 4 is 5.96 Å². The van der Waals surface area contributed by atoms with Gasteiger partial charge in [-0.25, -0.2) is 4.99 Å². The van der Waals surface area contributed by atoms with Crippen LogP contribution in [-0.4, -0.2) is 42.6 Å². The van der Waals surface area contributed by atoms with E-state index in [0.29, 0.717) is 31.8 Å². The Hall–Kier alpha value is -2.37. The number of ether oxygens (including phenoxy) is 1. The van der Waals surface area contributed by atoms with Crippen LogP contribution in [0, 0.1) is 0 Å². The number of benzene rings is 2. The first-order chi connectivity index (χ1) is 15.2. The highest BCUT2D eigenvalue weighted by Gasteiger charge is 2.21. The van der Waals surface area contributed by atoms with E-state index < -0.39 is 0 Å². The lowest BCUT2D eigenvalue weighted by Gasteiger charge is -2.35. The Labute approximate surface area is 187 Å². The van der Waals surface area contributed by atoms with Crippen LogP contribution in [0.15, 0.2) is 59.6 Å². The van der Waals surface area contributed by atoms with Gasteiger partial charge in [0, 0.05) is 31.7 Å². The summed E-state index contributed by atoms with van der Waals surface area (Å²) >= 11 is 0. The lowest BCUT2D eigenvalue weighted by atomic mass is 10.0. The number of nitrogens with zero attached hydrogens (tertiary/aromatic N) is 2. The van der Waals surface area contributed by atoms with Crippen LogP contribution in [0.5, 0.6) is 0 Å². The van der Waals surface area contributed by atoms with Gasteiger partial charge in [0.05, 0.1) is 19.8 Å². The summed E-state index contributed by atoms with van der Waals surface area (Å²) in [5.74, 6) is 0.908. The maximum absolute atomic E-state index is 5.97. The summed E-state index contributed by atoms with van der Waals surface area (Å²) in [5.41, 5.74) is 3.60. The molecule has 5 heteroatoms. The Balaban J connectivity index is 1.55. The highest BCUT2D eigenvalue weighted by atomic mass is 16.5. The Bertz CT molecular complexity index is 798. The number of aliphatic imine (C=N–C) groups is 1. The summed E-state index contributed by atoms with van der Waals surface area (Å²) < 4.78 is 5.97. The van der Waals surface area contributed by atoms with Crippen LogP contribution in [0.2, 0.25) is 0 Å². The molecule has 2 N–H and O–H groups in total. The van der Waals surface area contributed by atoms with Crippen molar-refractivity contribution < 1.29 is 4.74 Å². The molecular weight excluding hydrogens is 384 g/mol. The second-order valence-corrected chi connectivity index (χ2v) is 8.49. The fraction of sp³-hybridized carbons (Fsp3) is 0.500. The molecule has 0 radical (unpaired) electrons. The molecule has 1 aliphatic heterocycles. The van der Waals surface area contributed by atoms with Crippen LogP contribution in [-0.2, 0) is 24.5 Å². The summed E-state index contributed by atoms with van der Waals surface area (Å²) in [5, 5.41) is 7.06. The molecule has 0 saturated carbocycles. The number of likely N-dealkylation sites (tertiary alicyclic amines) is 1. The number of rotatable bonds is 9. The zero-order valence-electron chi connectivity index (χ0n) is 19.3. The predicted octanol–water partition coefficient (Wildman–Crippen LogP) is 4.33. The Morgan fingerprint density at radius 1 is 1.00 bits per heavy atom. The van der Waals surface area contributed by atoms with E-state index in [1.54, 1.807) is 0 Å². The summed E-state index contributed by atoms with van der Waals surface area (Å²) in [6.45, 7) is 11.7. The highest BCUT2D eigenvalue weighted by molar-refractivity contribution is 5.80. The van der Waals surface area contributed by atoms with Crippen LogP contribution in [0.3, 0.4) is 0 Å². The maximum Gasteiger partial charge on any atom is 0.191 e. The van der Waals surface area contributed by atoms with Gasteiger partial charge in [0.2, 0.25) is 0 Å². The van der Waals surface area contributed by atoms with E-state index in [2.05, 4.69) is 72.7 Å². The van der Waals surface area contributed by atoms with Gasteiger partial charge in [-0.05, 0) is 50.3 Å². The van der Waals surface area contributed by atoms with E-state index in [1.165, 1.54) is 16.7 Å². The molecule has 31 heavy (non-hydrogen) atoms. The van der Waals surface area contributed by atoms with E-state index in [1.807, 2.05) is 18.2 Å². The number of piperidine rings is 1. The van der Waals surface area contributed by atoms with Gasteiger partial charge >= 0.3 is 0 Å². The lowest BCUT2D eigenvalue weighted by Crippen LogP contribution is -2.49. The molecule has 2 aromatic rings. The molecule has 1 aliphatic rings. The third-order valence-electron chi connectivity index (χ3n) is 5.84. The summed E-state index contributed by atoms with van der Waals surface area (Å²) in [4.78, 5) is 7.43. The smallest absolute Gasteiger partial charge is 0.191 e. The van der Waals surface area contributed by atoms with E-state index in [0.717, 1.165) is 38.4 Å². The predicted molar refractivity (Wildman–Crippen MR) is 129 cm³/mol. The van der Waals surface area contributed by atoms with Crippen molar-refractivity contribution in [1.82, 2.24) is 15.5 Å². The molecule has 0 aliphatic carbocycles. The second kappa shape index (κ2) is 12.5. The van der Waals surface area contributed by atoms with Gasteiger partial charge < -0.3 is 20.3 Å². The molecule has 0 spiro atoms. The van der Waals surface area contributed by atoms with Gasteiger partial charge in [-0.1, -0.05) is 54.6 Å². The van der Waals surface area contributed by atoms with Gasteiger partial charge in [-0.15, -0.1) is 0 Å². The molecule has 1 fully saturated rings. The van der Waals surface area contributed by atoms with E-state index in [4.69, 9.17) is 9.73 Å². The highest BCUT2D eigenvalue weighted by Crippen LogP contribution is 2.15. The number of nitrogens with one attached hydrogen (secondary N) is 2. The SMILES string of the molecule is CCNC(=NCc1ccccc1COCc1ccccc1)NC1CCN(C(C)C)CC1. The van der Waals surface area contributed by atoms with Gasteiger partial charge in [0.25, 0.3) is 0 Å². The van der Waals surface area contributed by atoms with Crippen molar-refractivity contribution in [2.75, 3.05) is 19.6 Å². The number of hydrogen-bond acceptors (Lipinski definition) is 3. The third-order valence-corrected chi connectivity index (χ3v) is 5.84. The molecule has 2 aromatic carbocycles. The third kappa shape index (κ3) is 7.67. The number of hydrogen-bond donors (Lipinski definition) is 2. The van der Waals surface area contributed by atoms with Crippen LogP contribution < -0.4 is 10.6 Å². The first kappa shape index (κ1) is 23.3. The fourth-order valence-electron chi connectivity index (χ4n) is 3.94. The molecule has 1 heterocycles. The molecule has 0 amide bonds. The Morgan fingerprint density at radius 2 is 1.68 bits per heavy atom. The maximum atomic E-state index is 5.97. The van der Waals surface area contributed by atoms with Crippen LogP contribution in [0.4, 0.5) is 0 Å². The molecule has 0 bridgehead atoms. The van der Waals surface area contributed by atoms with Gasteiger partial charge in [-0.2, -0.15) is 0 Å². The summed E-state index contributed by atoms with van der Waals surface area (Å²) in [6.07, 6.45) is 2.32. The van der Waals surface area contributed by atoms with Crippen molar-refractivity contribution in [3.63, 3.8) is 0 Å². The molecule has 168 valence electrons. The lowest BCUT2D eigenvalue weighted by molar-refractivity contribution is 0.106. The fourth-order valence-corrected chi connectivity index (χ4v) is 3.94. The molecule has 0 aromatic heterocycles. The van der Waals surface area contributed by atoms with Gasteiger partial charge in [-0.3, -0.25) is 0 Å². The molecule has 1 saturated heterocycles. The second-order valence-electron chi connectivity index (χ2n) is 8.49. The summed E-state index contributed by atoms with van der Waals surface area (Å²) in [7, 11) is 0. The van der Waals surface area contributed by atoms with E-state index >= 15 is 0 Å². The summed E-state index contributed by atoms with van der Waals surface area (Å²) in [6, 6.07) is 19.8. The molecule has 0 atom stereocenters. The molecule has 0 unspecified atom stereocenters. The normalized spacial score (nSPS) is 15.9. The van der Waals surface area contributed by atoms with Crippen molar-refractivity contribution in [3.05, 3.63) is 71.3 Å². The Kier molecular flexibility index (Phi) is 9.38. The van der Waals surface area contributed by atoms with Crippen molar-refractivity contribution in [2.24, 2.45) is 4.99 Å². The van der Waals surface area contributed by atoms with Crippen molar-refractivity contribution in [2.45, 2.75) is 65.5 Å². The molecule has 5 nitrogen and oxygen atoms in total. The zero-order valence-corrected chi connectivity index (χ0v) is 19.3. The van der Waals surface area contributed by atoms with Crippen LogP contribution in [0.1, 0.15) is 50.3 Å². The van der Waals surface area contributed by atoms with E-state index in [9.17, 15) is 0 Å². The molecular formula is C26H38N4O. The Morgan fingerprint density at radius 3 is 2.35 bits per heavy atom. The first-order valence-electron chi connectivity index (χ1n) is 11.6.